The standard InChI is InChI=1S/C25H25N3O4S/c29-24(23-16-15-19(32-23)17-33(30,31)20-11-5-2-6-12-20)27-25-26-21-13-7-8-14-22(21)28(25)18-9-3-1-4-10-18/h2,5-8,11-16,18H,1,3-4,9-10,17H2,(H,26,27,29). The minimum atomic E-state index is -3.57. The van der Waals surface area contributed by atoms with Crippen LogP contribution in [0.3, 0.4) is 0 Å². The van der Waals surface area contributed by atoms with E-state index in [4.69, 9.17) is 4.42 Å². The van der Waals surface area contributed by atoms with E-state index in [1.165, 1.54) is 18.6 Å². The zero-order valence-electron chi connectivity index (χ0n) is 18.1. The topological polar surface area (TPSA) is 94.2 Å². The number of hydrogen-bond acceptors (Lipinski definition) is 5. The molecule has 1 amide bonds. The Morgan fingerprint density at radius 2 is 1.70 bits per heavy atom. The number of anilines is 1. The summed E-state index contributed by atoms with van der Waals surface area (Å²) in [4.78, 5) is 17.8. The van der Waals surface area contributed by atoms with E-state index < -0.39 is 15.7 Å². The Balaban J connectivity index is 1.38. The molecular weight excluding hydrogens is 438 g/mol. The molecule has 2 heterocycles. The van der Waals surface area contributed by atoms with E-state index in [9.17, 15) is 13.2 Å². The van der Waals surface area contributed by atoms with Crippen molar-refractivity contribution in [3.63, 3.8) is 0 Å². The summed E-state index contributed by atoms with van der Waals surface area (Å²) in [6.07, 6.45) is 5.63. The summed E-state index contributed by atoms with van der Waals surface area (Å²) in [6.45, 7) is 0. The molecule has 0 saturated heterocycles. The highest BCUT2D eigenvalue weighted by molar-refractivity contribution is 7.90. The third kappa shape index (κ3) is 4.43. The normalized spacial score (nSPS) is 15.0. The van der Waals surface area contributed by atoms with Crippen molar-refractivity contribution in [2.75, 3.05) is 5.32 Å². The minimum Gasteiger partial charge on any atom is -0.455 e. The fourth-order valence-corrected chi connectivity index (χ4v) is 5.75. The molecule has 2 aromatic heterocycles. The molecule has 7 nitrogen and oxygen atoms in total. The van der Waals surface area contributed by atoms with E-state index in [2.05, 4.69) is 14.9 Å². The Morgan fingerprint density at radius 1 is 0.970 bits per heavy atom. The van der Waals surface area contributed by atoms with Crippen LogP contribution in [0.5, 0.6) is 0 Å². The molecule has 1 N–H and O–H groups in total. The molecule has 0 radical (unpaired) electrons. The minimum absolute atomic E-state index is 0.0514. The van der Waals surface area contributed by atoms with E-state index in [1.54, 1.807) is 30.3 Å². The molecule has 4 aromatic rings. The number of benzene rings is 2. The zero-order valence-corrected chi connectivity index (χ0v) is 18.9. The first-order chi connectivity index (χ1) is 16.0. The molecule has 170 valence electrons. The van der Waals surface area contributed by atoms with Crippen LogP contribution in [0.1, 0.15) is 54.5 Å². The predicted molar refractivity (Wildman–Crippen MR) is 126 cm³/mol. The molecule has 2 aromatic carbocycles. The summed E-state index contributed by atoms with van der Waals surface area (Å²) in [7, 11) is -3.57. The number of nitrogens with zero attached hydrogens (tertiary/aromatic N) is 2. The van der Waals surface area contributed by atoms with Crippen molar-refractivity contribution in [1.82, 2.24) is 9.55 Å². The van der Waals surface area contributed by atoms with Gasteiger partial charge in [-0.05, 0) is 49.2 Å². The number of aromatic nitrogens is 2. The summed E-state index contributed by atoms with van der Waals surface area (Å²) >= 11 is 0. The molecule has 0 bridgehead atoms. The molecule has 1 aliphatic carbocycles. The van der Waals surface area contributed by atoms with Gasteiger partial charge in [0.05, 0.1) is 15.9 Å². The van der Waals surface area contributed by atoms with Gasteiger partial charge in [0.25, 0.3) is 5.91 Å². The highest BCUT2D eigenvalue weighted by Gasteiger charge is 2.24. The zero-order chi connectivity index (χ0) is 22.8. The Hall–Kier alpha value is -3.39. The number of furan rings is 1. The number of fused-ring (bicyclic) bond motifs is 1. The number of carbonyl (C=O) groups is 1. The van der Waals surface area contributed by atoms with Crippen LogP contribution in [0.4, 0.5) is 5.95 Å². The molecule has 0 atom stereocenters. The van der Waals surface area contributed by atoms with Crippen LogP contribution in [-0.4, -0.2) is 23.9 Å². The Kier molecular flexibility index (Phi) is 5.76. The van der Waals surface area contributed by atoms with Crippen LogP contribution < -0.4 is 5.32 Å². The van der Waals surface area contributed by atoms with Gasteiger partial charge in [-0.1, -0.05) is 49.6 Å². The second-order valence-electron chi connectivity index (χ2n) is 8.38. The summed E-state index contributed by atoms with van der Waals surface area (Å²) in [5.41, 5.74) is 1.82. The van der Waals surface area contributed by atoms with Crippen LogP contribution in [0.15, 0.2) is 76.0 Å². The third-order valence-corrected chi connectivity index (χ3v) is 7.74. The van der Waals surface area contributed by atoms with Gasteiger partial charge in [0.2, 0.25) is 5.95 Å². The molecular formula is C25H25N3O4S. The second-order valence-corrected chi connectivity index (χ2v) is 10.4. The fourth-order valence-electron chi connectivity index (χ4n) is 4.48. The molecule has 8 heteroatoms. The summed E-state index contributed by atoms with van der Waals surface area (Å²) in [5, 5.41) is 2.89. The van der Waals surface area contributed by atoms with Crippen LogP contribution >= 0.6 is 0 Å². The average molecular weight is 464 g/mol. The van der Waals surface area contributed by atoms with Crippen LogP contribution in [0.2, 0.25) is 0 Å². The van der Waals surface area contributed by atoms with Crippen molar-refractivity contribution in [1.29, 1.82) is 0 Å². The summed E-state index contributed by atoms with van der Waals surface area (Å²) < 4.78 is 33.0. The average Bonchev–Trinajstić information content (AvgIpc) is 3.44. The lowest BCUT2D eigenvalue weighted by Crippen LogP contribution is -2.19. The van der Waals surface area contributed by atoms with E-state index in [0.717, 1.165) is 36.7 Å². The number of hydrogen-bond donors (Lipinski definition) is 1. The number of sulfone groups is 1. The first-order valence-corrected chi connectivity index (χ1v) is 12.8. The maximum Gasteiger partial charge on any atom is 0.293 e. The quantitative estimate of drug-likeness (QED) is 0.415. The van der Waals surface area contributed by atoms with Gasteiger partial charge in [0, 0.05) is 6.04 Å². The third-order valence-electron chi connectivity index (χ3n) is 6.08. The lowest BCUT2D eigenvalue weighted by atomic mass is 9.95. The maximum absolute atomic E-state index is 13.0. The van der Waals surface area contributed by atoms with Crippen molar-refractivity contribution >= 4 is 32.7 Å². The predicted octanol–water partition coefficient (Wildman–Crippen LogP) is 5.36. The van der Waals surface area contributed by atoms with Gasteiger partial charge in [-0.25, -0.2) is 13.4 Å². The van der Waals surface area contributed by atoms with Crippen molar-refractivity contribution in [2.24, 2.45) is 0 Å². The Morgan fingerprint density at radius 3 is 2.48 bits per heavy atom. The SMILES string of the molecule is O=C(Nc1nc2ccccc2n1C1CCCCC1)c1ccc(CS(=O)(=O)c2ccccc2)o1. The van der Waals surface area contributed by atoms with Crippen molar-refractivity contribution in [2.45, 2.75) is 48.8 Å². The highest BCUT2D eigenvalue weighted by atomic mass is 32.2. The van der Waals surface area contributed by atoms with Crippen LogP contribution in [-0.2, 0) is 15.6 Å². The van der Waals surface area contributed by atoms with Crippen molar-refractivity contribution < 1.29 is 17.6 Å². The Bertz CT molecular complexity index is 1380. The van der Waals surface area contributed by atoms with Crippen molar-refractivity contribution in [3.8, 4) is 0 Å². The number of imidazole rings is 1. The molecule has 0 spiro atoms. The molecule has 1 fully saturated rings. The number of para-hydroxylation sites is 2. The fraction of sp³-hybridized carbons (Fsp3) is 0.280. The van der Waals surface area contributed by atoms with Gasteiger partial charge >= 0.3 is 0 Å². The molecule has 1 saturated carbocycles. The van der Waals surface area contributed by atoms with Gasteiger partial charge in [0.15, 0.2) is 15.6 Å². The van der Waals surface area contributed by atoms with Gasteiger partial charge < -0.3 is 8.98 Å². The van der Waals surface area contributed by atoms with Gasteiger partial charge in [-0.15, -0.1) is 0 Å². The summed E-state index contributed by atoms with van der Waals surface area (Å²) in [5.74, 6) is -0.0146. The monoisotopic (exact) mass is 463 g/mol. The molecule has 5 rings (SSSR count). The van der Waals surface area contributed by atoms with Crippen molar-refractivity contribution in [3.05, 3.63) is 78.3 Å². The van der Waals surface area contributed by atoms with Gasteiger partial charge in [0.1, 0.15) is 11.5 Å². The summed E-state index contributed by atoms with van der Waals surface area (Å²) in [6, 6.07) is 19.4. The second kappa shape index (κ2) is 8.86. The number of nitrogens with one attached hydrogen (secondary N) is 1. The highest BCUT2D eigenvalue weighted by Crippen LogP contribution is 2.34. The molecule has 0 aliphatic heterocycles. The molecule has 0 unspecified atom stereocenters. The number of rotatable bonds is 6. The smallest absolute Gasteiger partial charge is 0.293 e. The maximum atomic E-state index is 13.0. The van der Waals surface area contributed by atoms with Gasteiger partial charge in [-0.2, -0.15) is 0 Å². The Labute approximate surface area is 192 Å². The van der Waals surface area contributed by atoms with E-state index >= 15 is 0 Å². The lowest BCUT2D eigenvalue weighted by molar-refractivity contribution is 0.0993. The molecule has 1 aliphatic rings. The van der Waals surface area contributed by atoms with E-state index in [0.29, 0.717) is 5.95 Å². The lowest BCUT2D eigenvalue weighted by Gasteiger charge is -2.25. The first-order valence-electron chi connectivity index (χ1n) is 11.2. The first kappa shape index (κ1) is 21.5. The van der Waals surface area contributed by atoms with E-state index in [1.807, 2.05) is 24.3 Å². The van der Waals surface area contributed by atoms with Crippen LogP contribution in [0.25, 0.3) is 11.0 Å². The number of amides is 1. The van der Waals surface area contributed by atoms with Gasteiger partial charge in [-0.3, -0.25) is 10.1 Å². The van der Waals surface area contributed by atoms with Crippen LogP contribution in [0, 0.1) is 0 Å². The van der Waals surface area contributed by atoms with E-state index in [-0.39, 0.29) is 28.2 Å². The number of carbonyl (C=O) groups excluding carboxylic acids is 1. The largest absolute Gasteiger partial charge is 0.455 e. The molecule has 33 heavy (non-hydrogen) atoms.